The molecule has 1 saturated heterocycles. The molecule has 210 valence electrons. The summed E-state index contributed by atoms with van der Waals surface area (Å²) >= 11 is 0. The summed E-state index contributed by atoms with van der Waals surface area (Å²) in [5, 5.41) is 0. The van der Waals surface area contributed by atoms with Gasteiger partial charge in [-0.1, -0.05) is 66.7 Å². The molecule has 5 heteroatoms. The van der Waals surface area contributed by atoms with Gasteiger partial charge in [-0.3, -0.25) is 14.6 Å². The average molecular weight is 568 g/mol. The van der Waals surface area contributed by atoms with E-state index in [9.17, 15) is 4.79 Å². The largest absolute Gasteiger partial charge is 0.299 e. The number of rotatable bonds is 9. The van der Waals surface area contributed by atoms with Gasteiger partial charge in [0.2, 0.25) is 0 Å². The minimum atomic E-state index is 0. The van der Waals surface area contributed by atoms with E-state index in [0.717, 1.165) is 56.9 Å². The van der Waals surface area contributed by atoms with Crippen molar-refractivity contribution in [2.75, 3.05) is 26.2 Å². The predicted octanol–water partition coefficient (Wildman–Crippen LogP) is 7.70. The molecule has 3 nitrogen and oxygen atoms in total. The summed E-state index contributed by atoms with van der Waals surface area (Å²) in [6, 6.07) is 26.0. The van der Waals surface area contributed by atoms with E-state index in [2.05, 4.69) is 89.5 Å². The molecule has 0 saturated carbocycles. The number of likely N-dealkylation sites (tertiary alicyclic amines) is 1. The fraction of sp³-hybridized carbons (Fsp3) is 0.441. The van der Waals surface area contributed by atoms with Crippen LogP contribution in [0.2, 0.25) is 0 Å². The second kappa shape index (κ2) is 15.6. The summed E-state index contributed by atoms with van der Waals surface area (Å²) in [7, 11) is 0. The SMILES string of the molecule is Cc1ccccc1CN1CCc2ccc(C(=O)CCCC3CCN(Cc4ccccc4)CC3)cc2CC1.Cl.Cl. The summed E-state index contributed by atoms with van der Waals surface area (Å²) < 4.78 is 0. The third-order valence-corrected chi connectivity index (χ3v) is 8.55. The Kier molecular flexibility index (Phi) is 12.5. The van der Waals surface area contributed by atoms with Crippen molar-refractivity contribution in [3.8, 4) is 0 Å². The summed E-state index contributed by atoms with van der Waals surface area (Å²) in [4.78, 5) is 18.2. The predicted molar refractivity (Wildman–Crippen MR) is 167 cm³/mol. The van der Waals surface area contributed by atoms with Gasteiger partial charge in [0.1, 0.15) is 0 Å². The number of aryl methyl sites for hydroxylation is 1. The van der Waals surface area contributed by atoms with Gasteiger partial charge >= 0.3 is 0 Å². The van der Waals surface area contributed by atoms with Crippen LogP contribution in [0.1, 0.15) is 70.3 Å². The summed E-state index contributed by atoms with van der Waals surface area (Å²) in [6.07, 6.45) is 7.51. The van der Waals surface area contributed by atoms with Gasteiger partial charge in [-0.15, -0.1) is 24.8 Å². The lowest BCUT2D eigenvalue weighted by Gasteiger charge is -2.32. The second-order valence-corrected chi connectivity index (χ2v) is 11.2. The number of piperidine rings is 1. The normalized spacial score (nSPS) is 16.4. The average Bonchev–Trinajstić information content (AvgIpc) is 3.13. The van der Waals surface area contributed by atoms with Gasteiger partial charge in [0.05, 0.1) is 0 Å². The number of hydrogen-bond acceptors (Lipinski definition) is 3. The van der Waals surface area contributed by atoms with Crippen LogP contribution in [-0.2, 0) is 25.9 Å². The molecule has 3 aromatic carbocycles. The van der Waals surface area contributed by atoms with Crippen molar-refractivity contribution in [2.24, 2.45) is 5.92 Å². The smallest absolute Gasteiger partial charge is 0.162 e. The van der Waals surface area contributed by atoms with Crippen LogP contribution in [0.3, 0.4) is 0 Å². The molecular formula is C34H44Cl2N2O. The Hall–Kier alpha value is -2.17. The van der Waals surface area contributed by atoms with Gasteiger partial charge in [-0.25, -0.2) is 0 Å². The maximum absolute atomic E-state index is 13.0. The Labute approximate surface area is 247 Å². The zero-order chi connectivity index (χ0) is 25.5. The molecule has 3 aromatic rings. The van der Waals surface area contributed by atoms with Crippen molar-refractivity contribution in [2.45, 2.75) is 65.0 Å². The Balaban J connectivity index is 0.00000210. The third-order valence-electron chi connectivity index (χ3n) is 8.55. The number of carbonyl (C=O) groups is 1. The van der Waals surface area contributed by atoms with Crippen molar-refractivity contribution in [1.29, 1.82) is 0 Å². The molecule has 0 amide bonds. The lowest BCUT2D eigenvalue weighted by molar-refractivity contribution is 0.0974. The maximum Gasteiger partial charge on any atom is 0.162 e. The number of carbonyl (C=O) groups excluding carboxylic acids is 1. The Morgan fingerprint density at radius 1 is 0.769 bits per heavy atom. The summed E-state index contributed by atoms with van der Waals surface area (Å²) in [5.74, 6) is 1.09. The number of ketones is 1. The number of Topliss-reactive ketones (excluding diaryl/α,β-unsaturated/α-hetero) is 1. The third kappa shape index (κ3) is 8.91. The fourth-order valence-electron chi connectivity index (χ4n) is 6.10. The Morgan fingerprint density at radius 3 is 2.18 bits per heavy atom. The molecule has 2 aliphatic rings. The Morgan fingerprint density at radius 2 is 1.44 bits per heavy atom. The van der Waals surface area contributed by atoms with E-state index in [0.29, 0.717) is 12.2 Å². The zero-order valence-corrected chi connectivity index (χ0v) is 25.0. The van der Waals surface area contributed by atoms with E-state index < -0.39 is 0 Å². The molecule has 5 rings (SSSR count). The van der Waals surface area contributed by atoms with Crippen molar-refractivity contribution >= 4 is 30.6 Å². The van der Waals surface area contributed by atoms with Crippen LogP contribution >= 0.6 is 24.8 Å². The highest BCUT2D eigenvalue weighted by molar-refractivity contribution is 5.96. The van der Waals surface area contributed by atoms with Crippen LogP contribution < -0.4 is 0 Å². The second-order valence-electron chi connectivity index (χ2n) is 11.2. The summed E-state index contributed by atoms with van der Waals surface area (Å²) in [6.45, 7) is 8.78. The van der Waals surface area contributed by atoms with Crippen LogP contribution in [0.4, 0.5) is 0 Å². The molecule has 2 aliphatic heterocycles. The van der Waals surface area contributed by atoms with Crippen LogP contribution in [0.5, 0.6) is 0 Å². The molecule has 0 radical (unpaired) electrons. The highest BCUT2D eigenvalue weighted by atomic mass is 35.5. The molecular weight excluding hydrogens is 523 g/mol. The number of benzene rings is 3. The van der Waals surface area contributed by atoms with Crippen molar-refractivity contribution < 1.29 is 4.79 Å². The molecule has 2 heterocycles. The minimum absolute atomic E-state index is 0. The van der Waals surface area contributed by atoms with Crippen LogP contribution in [-0.4, -0.2) is 41.8 Å². The molecule has 0 spiro atoms. The van der Waals surface area contributed by atoms with Crippen LogP contribution in [0.15, 0.2) is 72.8 Å². The number of nitrogens with zero attached hydrogens (tertiary/aromatic N) is 2. The van der Waals surface area contributed by atoms with Gasteiger partial charge in [-0.2, -0.15) is 0 Å². The van der Waals surface area contributed by atoms with E-state index in [1.165, 1.54) is 60.2 Å². The lowest BCUT2D eigenvalue weighted by atomic mass is 9.90. The quantitative estimate of drug-likeness (QED) is 0.248. The topological polar surface area (TPSA) is 23.6 Å². The molecule has 0 aliphatic carbocycles. The maximum atomic E-state index is 13.0. The standard InChI is InChI=1S/C34H42N2O.2ClH/c1-27-8-5-6-12-33(27)26-36-22-18-30-14-15-32(24-31(30)19-23-36)34(37)13-7-11-28-16-20-35(21-17-28)25-29-9-3-2-4-10-29;;/h2-6,8-10,12,14-15,24,28H,7,11,13,16-23,25-26H2,1H3;2*1H. The first-order valence-electron chi connectivity index (χ1n) is 14.3. The molecule has 0 atom stereocenters. The number of hydrogen-bond donors (Lipinski definition) is 0. The highest BCUT2D eigenvalue weighted by Crippen LogP contribution is 2.25. The zero-order valence-electron chi connectivity index (χ0n) is 23.3. The van der Waals surface area contributed by atoms with Crippen molar-refractivity contribution in [3.63, 3.8) is 0 Å². The van der Waals surface area contributed by atoms with E-state index in [1.807, 2.05) is 0 Å². The number of fused-ring (bicyclic) bond motifs is 1. The first kappa shape index (κ1) is 31.4. The van der Waals surface area contributed by atoms with Crippen molar-refractivity contribution in [1.82, 2.24) is 9.80 Å². The van der Waals surface area contributed by atoms with Crippen LogP contribution in [0.25, 0.3) is 0 Å². The van der Waals surface area contributed by atoms with Gasteiger partial charge in [-0.05, 0) is 98.3 Å². The molecule has 39 heavy (non-hydrogen) atoms. The fourth-order valence-corrected chi connectivity index (χ4v) is 6.10. The Bertz CT molecular complexity index is 1170. The van der Waals surface area contributed by atoms with E-state index in [4.69, 9.17) is 0 Å². The first-order chi connectivity index (χ1) is 18.1. The van der Waals surface area contributed by atoms with E-state index >= 15 is 0 Å². The monoisotopic (exact) mass is 566 g/mol. The first-order valence-corrected chi connectivity index (χ1v) is 14.3. The van der Waals surface area contributed by atoms with Gasteiger partial charge in [0, 0.05) is 38.2 Å². The minimum Gasteiger partial charge on any atom is -0.299 e. The van der Waals surface area contributed by atoms with Crippen molar-refractivity contribution in [3.05, 3.63) is 106 Å². The van der Waals surface area contributed by atoms with Gasteiger partial charge < -0.3 is 0 Å². The van der Waals surface area contributed by atoms with E-state index in [-0.39, 0.29) is 24.8 Å². The molecule has 0 bridgehead atoms. The van der Waals surface area contributed by atoms with E-state index in [1.54, 1.807) is 0 Å². The molecule has 0 aromatic heterocycles. The van der Waals surface area contributed by atoms with Gasteiger partial charge in [0.15, 0.2) is 5.78 Å². The van der Waals surface area contributed by atoms with Gasteiger partial charge in [0.25, 0.3) is 0 Å². The summed E-state index contributed by atoms with van der Waals surface area (Å²) in [5.41, 5.74) is 7.92. The molecule has 0 unspecified atom stereocenters. The number of halogens is 2. The molecule has 0 N–H and O–H groups in total. The van der Waals surface area contributed by atoms with Crippen LogP contribution in [0, 0.1) is 12.8 Å². The highest BCUT2D eigenvalue weighted by Gasteiger charge is 2.20. The lowest BCUT2D eigenvalue weighted by Crippen LogP contribution is -2.33. The molecule has 1 fully saturated rings.